The zero-order valence-electron chi connectivity index (χ0n) is 9.86. The van der Waals surface area contributed by atoms with E-state index in [1.54, 1.807) is 14.0 Å². The van der Waals surface area contributed by atoms with Crippen LogP contribution in [-0.2, 0) is 0 Å². The molecule has 0 heterocycles. The van der Waals surface area contributed by atoms with Crippen LogP contribution in [0.5, 0.6) is 0 Å². The van der Waals surface area contributed by atoms with Crippen LogP contribution in [0.1, 0.15) is 33.1 Å². The van der Waals surface area contributed by atoms with Crippen molar-refractivity contribution in [3.63, 3.8) is 0 Å². The van der Waals surface area contributed by atoms with Crippen LogP contribution in [-0.4, -0.2) is 41.8 Å². The number of carbonyl (C=O) groups excluding carboxylic acids is 1. The number of nitrogens with one attached hydrogen (secondary N) is 1. The minimum atomic E-state index is -0.472. The van der Waals surface area contributed by atoms with Crippen molar-refractivity contribution in [2.24, 2.45) is 5.92 Å². The number of urea groups is 1. The van der Waals surface area contributed by atoms with Gasteiger partial charge in [0, 0.05) is 19.6 Å². The molecule has 2 unspecified atom stereocenters. The first-order valence-electron chi connectivity index (χ1n) is 5.70. The molecule has 2 amide bonds. The Labute approximate surface area is 91.6 Å². The molecule has 1 saturated carbocycles. The average Bonchev–Trinajstić information content (AvgIpc) is 1.98. The summed E-state index contributed by atoms with van der Waals surface area (Å²) in [7, 11) is 1.70. The van der Waals surface area contributed by atoms with Crippen LogP contribution in [0.4, 0.5) is 4.79 Å². The number of aliphatic hydroxyl groups excluding tert-OH is 1. The van der Waals surface area contributed by atoms with E-state index in [0.29, 0.717) is 12.5 Å². The highest BCUT2D eigenvalue weighted by atomic mass is 16.3. The Morgan fingerprint density at radius 1 is 1.53 bits per heavy atom. The molecule has 1 rings (SSSR count). The molecule has 0 bridgehead atoms. The zero-order valence-corrected chi connectivity index (χ0v) is 9.86. The van der Waals surface area contributed by atoms with Gasteiger partial charge in [0.05, 0.1) is 6.10 Å². The van der Waals surface area contributed by atoms with Gasteiger partial charge in [0.2, 0.25) is 0 Å². The second-order valence-electron chi connectivity index (χ2n) is 4.66. The minimum Gasteiger partial charge on any atom is -0.392 e. The summed E-state index contributed by atoms with van der Waals surface area (Å²) >= 11 is 0. The first-order valence-corrected chi connectivity index (χ1v) is 5.70. The molecule has 88 valence electrons. The van der Waals surface area contributed by atoms with Gasteiger partial charge >= 0.3 is 6.03 Å². The summed E-state index contributed by atoms with van der Waals surface area (Å²) in [6.45, 7) is 4.11. The Balaban J connectivity index is 2.27. The predicted molar refractivity (Wildman–Crippen MR) is 59.6 cm³/mol. The summed E-state index contributed by atoms with van der Waals surface area (Å²) in [5.74, 6) is 0.647. The van der Waals surface area contributed by atoms with Crippen molar-refractivity contribution >= 4 is 6.03 Å². The molecule has 1 aliphatic carbocycles. The van der Waals surface area contributed by atoms with E-state index in [-0.39, 0.29) is 12.1 Å². The van der Waals surface area contributed by atoms with Crippen molar-refractivity contribution in [3.05, 3.63) is 0 Å². The maximum atomic E-state index is 11.6. The number of aliphatic hydroxyl groups is 1. The molecular weight excluding hydrogens is 192 g/mol. The molecule has 0 aromatic carbocycles. The van der Waals surface area contributed by atoms with Gasteiger partial charge in [0.25, 0.3) is 0 Å². The number of likely N-dealkylation sites (N-methyl/N-ethyl adjacent to an activating group) is 1. The van der Waals surface area contributed by atoms with Gasteiger partial charge in [-0.25, -0.2) is 4.79 Å². The third-order valence-electron chi connectivity index (χ3n) is 3.09. The molecule has 4 nitrogen and oxygen atoms in total. The van der Waals surface area contributed by atoms with Gasteiger partial charge in [0.1, 0.15) is 0 Å². The van der Waals surface area contributed by atoms with Crippen molar-refractivity contribution in [2.75, 3.05) is 13.6 Å². The van der Waals surface area contributed by atoms with Crippen molar-refractivity contribution in [2.45, 2.75) is 45.3 Å². The van der Waals surface area contributed by atoms with Gasteiger partial charge < -0.3 is 15.3 Å². The molecule has 0 spiro atoms. The number of nitrogens with zero attached hydrogens (tertiary/aromatic N) is 1. The minimum absolute atomic E-state index is 0.0877. The quantitative estimate of drug-likeness (QED) is 0.738. The lowest BCUT2D eigenvalue weighted by atomic mass is 9.80. The summed E-state index contributed by atoms with van der Waals surface area (Å²) in [5, 5.41) is 12.1. The fraction of sp³-hybridized carbons (Fsp3) is 0.909. The Bertz CT molecular complexity index is 215. The molecule has 0 aromatic rings. The lowest BCUT2D eigenvalue weighted by Crippen LogP contribution is -2.47. The molecular formula is C11H22N2O2. The molecule has 2 N–H and O–H groups in total. The lowest BCUT2D eigenvalue weighted by Gasteiger charge is -2.33. The molecule has 0 saturated heterocycles. The van der Waals surface area contributed by atoms with Crippen LogP contribution < -0.4 is 5.32 Å². The molecule has 15 heavy (non-hydrogen) atoms. The van der Waals surface area contributed by atoms with Crippen molar-refractivity contribution in [1.82, 2.24) is 10.2 Å². The predicted octanol–water partition coefficient (Wildman–Crippen LogP) is 1.20. The highest BCUT2D eigenvalue weighted by molar-refractivity contribution is 5.74. The summed E-state index contributed by atoms with van der Waals surface area (Å²) in [4.78, 5) is 13.2. The number of hydrogen-bond donors (Lipinski definition) is 2. The van der Waals surface area contributed by atoms with E-state index in [1.807, 2.05) is 0 Å². The molecule has 2 atom stereocenters. The average molecular weight is 214 g/mol. The standard InChI is InChI=1S/C11H22N2O2/c1-8(14)7-13(3)11(15)12-9(2)10-5-4-6-10/h8-10,14H,4-7H2,1-3H3,(H,12,15). The van der Waals surface area contributed by atoms with Gasteiger partial charge in [-0.3, -0.25) is 0 Å². The second kappa shape index (κ2) is 5.35. The molecule has 0 aromatic heterocycles. The Morgan fingerprint density at radius 3 is 2.53 bits per heavy atom. The molecule has 4 heteroatoms. The number of hydrogen-bond acceptors (Lipinski definition) is 2. The third-order valence-corrected chi connectivity index (χ3v) is 3.09. The van der Waals surface area contributed by atoms with Crippen LogP contribution in [0.25, 0.3) is 0 Å². The first-order chi connectivity index (χ1) is 7.00. The van der Waals surface area contributed by atoms with Crippen LogP contribution in [0, 0.1) is 5.92 Å². The summed E-state index contributed by atoms with van der Waals surface area (Å²) in [5.41, 5.74) is 0. The fourth-order valence-corrected chi connectivity index (χ4v) is 1.84. The number of rotatable bonds is 4. The maximum absolute atomic E-state index is 11.6. The van der Waals surface area contributed by atoms with E-state index in [1.165, 1.54) is 24.2 Å². The van der Waals surface area contributed by atoms with Crippen LogP contribution >= 0.6 is 0 Å². The maximum Gasteiger partial charge on any atom is 0.317 e. The molecule has 0 radical (unpaired) electrons. The van der Waals surface area contributed by atoms with Gasteiger partial charge in [-0.2, -0.15) is 0 Å². The Morgan fingerprint density at radius 2 is 2.13 bits per heavy atom. The zero-order chi connectivity index (χ0) is 11.4. The summed E-state index contributed by atoms with van der Waals surface area (Å²) < 4.78 is 0. The van der Waals surface area contributed by atoms with E-state index in [9.17, 15) is 4.79 Å². The van der Waals surface area contributed by atoms with Crippen LogP contribution in [0.2, 0.25) is 0 Å². The first kappa shape index (κ1) is 12.3. The van der Waals surface area contributed by atoms with E-state index in [0.717, 1.165) is 0 Å². The highest BCUT2D eigenvalue weighted by Crippen LogP contribution is 2.29. The van der Waals surface area contributed by atoms with E-state index < -0.39 is 6.10 Å². The van der Waals surface area contributed by atoms with Crippen LogP contribution in [0.3, 0.4) is 0 Å². The van der Waals surface area contributed by atoms with Crippen molar-refractivity contribution in [3.8, 4) is 0 Å². The number of carbonyl (C=O) groups is 1. The van der Waals surface area contributed by atoms with E-state index >= 15 is 0 Å². The molecule has 0 aliphatic heterocycles. The fourth-order valence-electron chi connectivity index (χ4n) is 1.84. The molecule has 1 fully saturated rings. The smallest absolute Gasteiger partial charge is 0.317 e. The lowest BCUT2D eigenvalue weighted by molar-refractivity contribution is 0.138. The Kier molecular flexibility index (Phi) is 4.39. The van der Waals surface area contributed by atoms with E-state index in [4.69, 9.17) is 5.11 Å². The summed E-state index contributed by atoms with van der Waals surface area (Å²) in [6, 6.07) is 0.165. The number of amides is 2. The van der Waals surface area contributed by atoms with E-state index in [2.05, 4.69) is 12.2 Å². The van der Waals surface area contributed by atoms with Gasteiger partial charge in [-0.1, -0.05) is 6.42 Å². The second-order valence-corrected chi connectivity index (χ2v) is 4.66. The van der Waals surface area contributed by atoms with Crippen molar-refractivity contribution in [1.29, 1.82) is 0 Å². The Hall–Kier alpha value is -0.770. The summed E-state index contributed by atoms with van der Waals surface area (Å²) in [6.07, 6.45) is 3.26. The third kappa shape index (κ3) is 3.70. The largest absolute Gasteiger partial charge is 0.392 e. The SMILES string of the molecule is CC(O)CN(C)C(=O)NC(C)C1CCC1. The topological polar surface area (TPSA) is 52.6 Å². The van der Waals surface area contributed by atoms with Gasteiger partial charge in [-0.05, 0) is 32.6 Å². The van der Waals surface area contributed by atoms with Crippen LogP contribution in [0.15, 0.2) is 0 Å². The highest BCUT2D eigenvalue weighted by Gasteiger charge is 2.25. The van der Waals surface area contributed by atoms with Gasteiger partial charge in [0.15, 0.2) is 0 Å². The normalized spacial score (nSPS) is 20.3. The van der Waals surface area contributed by atoms with Crippen molar-refractivity contribution < 1.29 is 9.90 Å². The van der Waals surface area contributed by atoms with Gasteiger partial charge in [-0.15, -0.1) is 0 Å². The molecule has 1 aliphatic rings. The monoisotopic (exact) mass is 214 g/mol.